The lowest BCUT2D eigenvalue weighted by molar-refractivity contribution is -0.142. The first-order valence-corrected chi connectivity index (χ1v) is 10.2. The molecule has 0 aromatic heterocycles. The van der Waals surface area contributed by atoms with Crippen LogP contribution in [0.4, 0.5) is 0 Å². The highest BCUT2D eigenvalue weighted by Gasteiger charge is 2.42. The zero-order valence-corrected chi connectivity index (χ0v) is 14.0. The summed E-state index contributed by atoms with van der Waals surface area (Å²) in [5.74, 6) is 3.65. The summed E-state index contributed by atoms with van der Waals surface area (Å²) < 4.78 is 0. The second-order valence-corrected chi connectivity index (χ2v) is 8.68. The predicted molar refractivity (Wildman–Crippen MR) is 88.7 cm³/mol. The molecule has 1 saturated carbocycles. The molecule has 1 aliphatic carbocycles. The van der Waals surface area contributed by atoms with E-state index >= 15 is 0 Å². The fourth-order valence-electron chi connectivity index (χ4n) is 3.46. The number of carbonyl (C=O) groups excluding carboxylic acids is 2. The first-order chi connectivity index (χ1) is 10.3. The molecule has 3 rings (SSSR count). The van der Waals surface area contributed by atoms with Crippen LogP contribution in [0.5, 0.6) is 0 Å². The number of thioether (sulfide) groups is 2. The lowest BCUT2D eigenvalue weighted by Crippen LogP contribution is -2.46. The van der Waals surface area contributed by atoms with Crippen molar-refractivity contribution in [3.8, 4) is 0 Å². The van der Waals surface area contributed by atoms with E-state index in [1.807, 2.05) is 23.5 Å². The summed E-state index contributed by atoms with van der Waals surface area (Å²) in [5.41, 5.74) is 0. The van der Waals surface area contributed by atoms with E-state index in [0.29, 0.717) is 11.7 Å². The topological polar surface area (TPSA) is 49.4 Å². The van der Waals surface area contributed by atoms with Crippen molar-refractivity contribution in [1.29, 1.82) is 0 Å². The summed E-state index contributed by atoms with van der Waals surface area (Å²) in [7, 11) is 0. The van der Waals surface area contributed by atoms with E-state index < -0.39 is 0 Å². The van der Waals surface area contributed by atoms with Crippen molar-refractivity contribution in [2.45, 2.75) is 55.9 Å². The number of likely N-dealkylation sites (tertiary alicyclic amines) is 1. The van der Waals surface area contributed by atoms with Crippen LogP contribution in [0.25, 0.3) is 0 Å². The lowest BCUT2D eigenvalue weighted by Gasteiger charge is -2.30. The van der Waals surface area contributed by atoms with Gasteiger partial charge in [0.2, 0.25) is 11.8 Å². The van der Waals surface area contributed by atoms with Crippen LogP contribution in [0.2, 0.25) is 0 Å². The molecule has 2 aliphatic heterocycles. The van der Waals surface area contributed by atoms with Crippen LogP contribution in [0.3, 0.4) is 0 Å². The summed E-state index contributed by atoms with van der Waals surface area (Å²) in [6, 6.07) is -0.0999. The van der Waals surface area contributed by atoms with Crippen molar-refractivity contribution in [1.82, 2.24) is 10.2 Å². The largest absolute Gasteiger partial charge is 0.304 e. The smallest absolute Gasteiger partial charge is 0.247 e. The molecule has 2 amide bonds. The van der Waals surface area contributed by atoms with E-state index in [0.717, 1.165) is 38.0 Å². The average Bonchev–Trinajstić information content (AvgIpc) is 2.81. The van der Waals surface area contributed by atoms with Gasteiger partial charge in [-0.25, -0.2) is 0 Å². The van der Waals surface area contributed by atoms with Gasteiger partial charge in [-0.15, -0.1) is 0 Å². The Bertz CT molecular complexity index is 393. The summed E-state index contributed by atoms with van der Waals surface area (Å²) in [4.78, 5) is 26.3. The van der Waals surface area contributed by atoms with Crippen molar-refractivity contribution in [2.75, 3.05) is 23.8 Å². The maximum absolute atomic E-state index is 12.5. The number of carbonyl (C=O) groups is 2. The van der Waals surface area contributed by atoms with Gasteiger partial charge in [-0.05, 0) is 12.8 Å². The number of nitrogens with zero attached hydrogens (tertiary/aromatic N) is 1. The molecule has 0 aromatic carbocycles. The molecule has 4 nitrogen and oxygen atoms in total. The summed E-state index contributed by atoms with van der Waals surface area (Å²) >= 11 is 3.97. The molecule has 6 heteroatoms. The summed E-state index contributed by atoms with van der Waals surface area (Å²) in [5, 5.41) is 3.93. The van der Waals surface area contributed by atoms with E-state index in [1.54, 1.807) is 4.90 Å². The third-order valence-corrected chi connectivity index (χ3v) is 7.44. The quantitative estimate of drug-likeness (QED) is 0.799. The maximum atomic E-state index is 12.5. The minimum Gasteiger partial charge on any atom is -0.304 e. The second kappa shape index (κ2) is 7.38. The molecule has 1 N–H and O–H groups in total. The Morgan fingerprint density at radius 3 is 2.67 bits per heavy atom. The highest BCUT2D eigenvalue weighted by molar-refractivity contribution is 8.06. The van der Waals surface area contributed by atoms with Crippen LogP contribution in [0, 0.1) is 0 Å². The molecule has 2 unspecified atom stereocenters. The standard InChI is InChI=1S/C15H24N2O2S2/c18-14-8-13(16-9-12-10-20-6-7-21-12)15(19)17(14)11-4-2-1-3-5-11/h11-13,16H,1-10H2. The van der Waals surface area contributed by atoms with Gasteiger partial charge >= 0.3 is 0 Å². The van der Waals surface area contributed by atoms with Crippen LogP contribution in [-0.4, -0.2) is 57.9 Å². The Balaban J connectivity index is 1.52. The van der Waals surface area contributed by atoms with Gasteiger partial charge in [0.1, 0.15) is 0 Å². The Kier molecular flexibility index (Phi) is 5.51. The van der Waals surface area contributed by atoms with Gasteiger partial charge < -0.3 is 5.32 Å². The van der Waals surface area contributed by atoms with Gasteiger partial charge in [0.05, 0.1) is 12.5 Å². The fraction of sp³-hybridized carbons (Fsp3) is 0.867. The molecular formula is C15H24N2O2S2. The Hall–Kier alpha value is -0.200. The molecule has 21 heavy (non-hydrogen) atoms. The number of rotatable bonds is 4. The van der Waals surface area contributed by atoms with Crippen LogP contribution in [-0.2, 0) is 9.59 Å². The molecule has 2 heterocycles. The van der Waals surface area contributed by atoms with E-state index in [9.17, 15) is 9.59 Å². The molecular weight excluding hydrogens is 304 g/mol. The van der Waals surface area contributed by atoms with Gasteiger partial charge in [-0.3, -0.25) is 14.5 Å². The van der Waals surface area contributed by atoms with Gasteiger partial charge in [-0.2, -0.15) is 23.5 Å². The van der Waals surface area contributed by atoms with E-state index in [1.165, 1.54) is 17.9 Å². The Labute approximate surface area is 135 Å². The van der Waals surface area contributed by atoms with Crippen molar-refractivity contribution >= 4 is 35.3 Å². The summed E-state index contributed by atoms with van der Waals surface area (Å²) in [6.07, 6.45) is 5.90. The van der Waals surface area contributed by atoms with Gasteiger partial charge in [0.15, 0.2) is 0 Å². The van der Waals surface area contributed by atoms with Crippen molar-refractivity contribution < 1.29 is 9.59 Å². The van der Waals surface area contributed by atoms with Gasteiger partial charge in [0, 0.05) is 35.1 Å². The molecule has 2 saturated heterocycles. The monoisotopic (exact) mass is 328 g/mol. The highest BCUT2D eigenvalue weighted by Crippen LogP contribution is 2.28. The molecule has 3 aliphatic rings. The van der Waals surface area contributed by atoms with Gasteiger partial charge in [-0.1, -0.05) is 19.3 Å². The first-order valence-electron chi connectivity index (χ1n) is 8.04. The van der Waals surface area contributed by atoms with E-state index in [-0.39, 0.29) is 23.9 Å². The normalized spacial score (nSPS) is 31.9. The molecule has 3 fully saturated rings. The number of hydrogen-bond acceptors (Lipinski definition) is 5. The Morgan fingerprint density at radius 2 is 1.95 bits per heavy atom. The fourth-order valence-corrected chi connectivity index (χ4v) is 6.09. The number of imide groups is 1. The van der Waals surface area contributed by atoms with Crippen molar-refractivity contribution in [3.05, 3.63) is 0 Å². The van der Waals surface area contributed by atoms with Crippen LogP contribution < -0.4 is 5.32 Å². The maximum Gasteiger partial charge on any atom is 0.247 e. The highest BCUT2D eigenvalue weighted by atomic mass is 32.2. The van der Waals surface area contributed by atoms with Gasteiger partial charge in [0.25, 0.3) is 0 Å². The van der Waals surface area contributed by atoms with Crippen LogP contribution in [0.15, 0.2) is 0 Å². The molecule has 118 valence electrons. The van der Waals surface area contributed by atoms with Crippen molar-refractivity contribution in [3.63, 3.8) is 0 Å². The molecule has 0 aromatic rings. The Morgan fingerprint density at radius 1 is 1.14 bits per heavy atom. The second-order valence-electron chi connectivity index (χ2n) is 6.13. The number of nitrogens with one attached hydrogen (secondary N) is 1. The first kappa shape index (κ1) is 15.7. The van der Waals surface area contributed by atoms with Crippen molar-refractivity contribution in [2.24, 2.45) is 0 Å². The van der Waals surface area contributed by atoms with Crippen LogP contribution >= 0.6 is 23.5 Å². The number of hydrogen-bond donors (Lipinski definition) is 1. The minimum atomic E-state index is -0.271. The zero-order chi connectivity index (χ0) is 14.7. The average molecular weight is 329 g/mol. The van der Waals surface area contributed by atoms with Crippen LogP contribution in [0.1, 0.15) is 38.5 Å². The zero-order valence-electron chi connectivity index (χ0n) is 12.4. The molecule has 0 spiro atoms. The minimum absolute atomic E-state index is 0.0281. The molecule has 2 atom stereocenters. The van der Waals surface area contributed by atoms with E-state index in [4.69, 9.17) is 0 Å². The summed E-state index contributed by atoms with van der Waals surface area (Å²) in [6.45, 7) is 0.847. The number of amides is 2. The lowest BCUT2D eigenvalue weighted by atomic mass is 9.94. The molecule has 0 bridgehead atoms. The van der Waals surface area contributed by atoms with E-state index in [2.05, 4.69) is 5.32 Å². The predicted octanol–water partition coefficient (Wildman–Crippen LogP) is 1.88. The molecule has 0 radical (unpaired) electrons. The third kappa shape index (κ3) is 3.77. The third-order valence-electron chi connectivity index (χ3n) is 4.60. The SMILES string of the molecule is O=C1CC(NCC2CSCCS2)C(=O)N1C1CCCCC1.